The van der Waals surface area contributed by atoms with Crippen LogP contribution in [0.25, 0.3) is 0 Å². The molecule has 0 aromatic heterocycles. The summed E-state index contributed by atoms with van der Waals surface area (Å²) < 4.78 is 28.8. The summed E-state index contributed by atoms with van der Waals surface area (Å²) in [6.07, 6.45) is 6.45. The maximum Gasteiger partial charge on any atom is 0.281 e. The molecule has 2 rings (SSSR count). The molecule has 1 atom stereocenters. The van der Waals surface area contributed by atoms with Crippen LogP contribution in [0.2, 0.25) is 0 Å². The number of hydrogen-bond donors (Lipinski definition) is 1. The first-order chi connectivity index (χ1) is 9.14. The highest BCUT2D eigenvalue weighted by Gasteiger charge is 2.33. The average Bonchev–Trinajstić information content (AvgIpc) is 2.69. The fourth-order valence-electron chi connectivity index (χ4n) is 3.13. The summed E-state index contributed by atoms with van der Waals surface area (Å²) >= 11 is 0. The van der Waals surface area contributed by atoms with Gasteiger partial charge >= 0.3 is 0 Å². The Kier molecular flexibility index (Phi) is 7.75. The van der Waals surface area contributed by atoms with Gasteiger partial charge in [-0.05, 0) is 45.2 Å². The smallest absolute Gasteiger partial charge is 0.281 e. The van der Waals surface area contributed by atoms with E-state index in [4.69, 9.17) is 0 Å². The molecule has 0 radical (unpaired) electrons. The van der Waals surface area contributed by atoms with Gasteiger partial charge in [0, 0.05) is 26.2 Å². The SMILES string of the molecule is CNCC1CCCN(S(=O)(=O)N2CCCCCC2)C1.Cl. The van der Waals surface area contributed by atoms with Gasteiger partial charge in [-0.15, -0.1) is 12.4 Å². The maximum absolute atomic E-state index is 12.7. The summed E-state index contributed by atoms with van der Waals surface area (Å²) in [5.74, 6) is 0.459. The number of piperidine rings is 1. The molecule has 20 heavy (non-hydrogen) atoms. The second-order valence-electron chi connectivity index (χ2n) is 5.74. The van der Waals surface area contributed by atoms with Gasteiger partial charge in [0.05, 0.1) is 0 Å². The van der Waals surface area contributed by atoms with Crippen LogP contribution in [0.1, 0.15) is 38.5 Å². The third kappa shape index (κ3) is 4.56. The lowest BCUT2D eigenvalue weighted by molar-refractivity contribution is 0.245. The summed E-state index contributed by atoms with van der Waals surface area (Å²) in [6, 6.07) is 0. The van der Waals surface area contributed by atoms with Crippen molar-refractivity contribution in [1.82, 2.24) is 13.9 Å². The van der Waals surface area contributed by atoms with E-state index < -0.39 is 10.2 Å². The third-order valence-electron chi connectivity index (χ3n) is 4.19. The fraction of sp³-hybridized carbons (Fsp3) is 1.00. The standard InChI is InChI=1S/C13H27N3O2S.ClH/c1-14-11-13-7-6-10-16(12-13)19(17,18)15-8-4-2-3-5-9-15;/h13-14H,2-12H2,1H3;1H. The molecule has 1 N–H and O–H groups in total. The van der Waals surface area contributed by atoms with Crippen molar-refractivity contribution in [2.24, 2.45) is 5.92 Å². The van der Waals surface area contributed by atoms with E-state index in [1.807, 2.05) is 7.05 Å². The van der Waals surface area contributed by atoms with Crippen molar-refractivity contribution in [3.05, 3.63) is 0 Å². The van der Waals surface area contributed by atoms with E-state index in [2.05, 4.69) is 5.32 Å². The minimum Gasteiger partial charge on any atom is -0.319 e. The van der Waals surface area contributed by atoms with Gasteiger partial charge in [-0.25, -0.2) is 0 Å². The molecule has 0 bridgehead atoms. The Bertz CT molecular complexity index is 368. The Morgan fingerprint density at radius 3 is 2.20 bits per heavy atom. The normalized spacial score (nSPS) is 26.8. The molecule has 5 nitrogen and oxygen atoms in total. The zero-order valence-electron chi connectivity index (χ0n) is 12.4. The zero-order chi connectivity index (χ0) is 13.7. The van der Waals surface area contributed by atoms with E-state index in [0.717, 1.165) is 45.1 Å². The molecule has 2 fully saturated rings. The summed E-state index contributed by atoms with van der Waals surface area (Å²) in [5, 5.41) is 3.16. The topological polar surface area (TPSA) is 52.7 Å². The van der Waals surface area contributed by atoms with Crippen LogP contribution in [0.4, 0.5) is 0 Å². The molecule has 1 unspecified atom stereocenters. The van der Waals surface area contributed by atoms with Crippen LogP contribution in [0.15, 0.2) is 0 Å². The second-order valence-corrected chi connectivity index (χ2v) is 7.67. The lowest BCUT2D eigenvalue weighted by atomic mass is 10.00. The zero-order valence-corrected chi connectivity index (χ0v) is 14.0. The highest BCUT2D eigenvalue weighted by atomic mass is 35.5. The highest BCUT2D eigenvalue weighted by Crippen LogP contribution is 2.22. The quantitative estimate of drug-likeness (QED) is 0.851. The van der Waals surface area contributed by atoms with Gasteiger partial charge in [0.15, 0.2) is 0 Å². The summed E-state index contributed by atoms with van der Waals surface area (Å²) in [7, 11) is -1.29. The third-order valence-corrected chi connectivity index (χ3v) is 6.19. The number of hydrogen-bond acceptors (Lipinski definition) is 3. The molecule has 2 aliphatic rings. The van der Waals surface area contributed by atoms with E-state index in [1.165, 1.54) is 0 Å². The number of nitrogens with zero attached hydrogens (tertiary/aromatic N) is 2. The van der Waals surface area contributed by atoms with Crippen molar-refractivity contribution in [3.8, 4) is 0 Å². The first-order valence-electron chi connectivity index (χ1n) is 7.54. The first kappa shape index (κ1) is 18.2. The van der Waals surface area contributed by atoms with Crippen molar-refractivity contribution >= 4 is 22.6 Å². The van der Waals surface area contributed by atoms with E-state index in [9.17, 15) is 8.42 Å². The van der Waals surface area contributed by atoms with Gasteiger partial charge in [-0.1, -0.05) is 12.8 Å². The van der Waals surface area contributed by atoms with Crippen LogP contribution in [-0.2, 0) is 10.2 Å². The van der Waals surface area contributed by atoms with Crippen molar-refractivity contribution in [3.63, 3.8) is 0 Å². The van der Waals surface area contributed by atoms with E-state index in [-0.39, 0.29) is 12.4 Å². The average molecular weight is 326 g/mol. The number of rotatable bonds is 4. The Morgan fingerprint density at radius 1 is 1.00 bits per heavy atom. The summed E-state index contributed by atoms with van der Waals surface area (Å²) in [4.78, 5) is 0. The molecular weight excluding hydrogens is 298 g/mol. The van der Waals surface area contributed by atoms with Crippen molar-refractivity contribution in [1.29, 1.82) is 0 Å². The molecule has 0 aromatic carbocycles. The van der Waals surface area contributed by atoms with Gasteiger partial charge in [0.1, 0.15) is 0 Å². The molecule has 0 aromatic rings. The Hall–Kier alpha value is 0.120. The van der Waals surface area contributed by atoms with Crippen LogP contribution < -0.4 is 5.32 Å². The molecule has 7 heteroatoms. The number of halogens is 1. The first-order valence-corrected chi connectivity index (χ1v) is 8.94. The lowest BCUT2D eigenvalue weighted by Gasteiger charge is -2.35. The molecule has 0 saturated carbocycles. The summed E-state index contributed by atoms with van der Waals surface area (Å²) in [5.41, 5.74) is 0. The van der Waals surface area contributed by atoms with Gasteiger partial charge in [0.25, 0.3) is 10.2 Å². The fourth-order valence-corrected chi connectivity index (χ4v) is 4.93. The van der Waals surface area contributed by atoms with Crippen LogP contribution in [0.5, 0.6) is 0 Å². The lowest BCUT2D eigenvalue weighted by Crippen LogP contribution is -2.49. The predicted molar refractivity (Wildman–Crippen MR) is 84.4 cm³/mol. The minimum atomic E-state index is -3.22. The Morgan fingerprint density at radius 2 is 1.60 bits per heavy atom. The predicted octanol–water partition coefficient (Wildman–Crippen LogP) is 1.46. The molecular formula is C13H28ClN3O2S. The Labute approximate surface area is 129 Å². The summed E-state index contributed by atoms with van der Waals surface area (Å²) in [6.45, 7) is 3.69. The van der Waals surface area contributed by atoms with Crippen LogP contribution in [0, 0.1) is 5.92 Å². The van der Waals surface area contributed by atoms with Gasteiger partial charge in [-0.3, -0.25) is 0 Å². The van der Waals surface area contributed by atoms with Crippen molar-refractivity contribution in [2.45, 2.75) is 38.5 Å². The largest absolute Gasteiger partial charge is 0.319 e. The van der Waals surface area contributed by atoms with Gasteiger partial charge in [0.2, 0.25) is 0 Å². The van der Waals surface area contributed by atoms with Gasteiger partial charge in [-0.2, -0.15) is 17.0 Å². The van der Waals surface area contributed by atoms with Crippen molar-refractivity contribution < 1.29 is 8.42 Å². The van der Waals surface area contributed by atoms with Crippen LogP contribution in [0.3, 0.4) is 0 Å². The van der Waals surface area contributed by atoms with Crippen LogP contribution in [-0.4, -0.2) is 56.8 Å². The molecule has 0 spiro atoms. The molecule has 0 aliphatic carbocycles. The second kappa shape index (κ2) is 8.54. The Balaban J connectivity index is 0.00000200. The molecule has 2 saturated heterocycles. The van der Waals surface area contributed by atoms with E-state index in [0.29, 0.717) is 32.1 Å². The molecule has 2 aliphatic heterocycles. The van der Waals surface area contributed by atoms with Crippen molar-refractivity contribution in [2.75, 3.05) is 39.8 Å². The number of nitrogens with one attached hydrogen (secondary N) is 1. The molecule has 0 amide bonds. The van der Waals surface area contributed by atoms with Crippen LogP contribution >= 0.6 is 12.4 Å². The maximum atomic E-state index is 12.7. The van der Waals surface area contributed by atoms with E-state index >= 15 is 0 Å². The van der Waals surface area contributed by atoms with E-state index in [1.54, 1.807) is 8.61 Å². The minimum absolute atomic E-state index is 0. The highest BCUT2D eigenvalue weighted by molar-refractivity contribution is 7.86. The monoisotopic (exact) mass is 325 g/mol. The van der Waals surface area contributed by atoms with Gasteiger partial charge < -0.3 is 5.32 Å². The molecule has 2 heterocycles. The molecule has 120 valence electrons.